The van der Waals surface area contributed by atoms with Gasteiger partial charge in [-0.05, 0) is 60.9 Å². The zero-order valence-corrected chi connectivity index (χ0v) is 15.4. The number of nitrogens with zero attached hydrogens (tertiary/aromatic N) is 2. The molecule has 0 spiro atoms. The SMILES string of the molecule is COc1ccc(CCNC(=O)c2ccc(Nc3cccc(C)c3)nn2)cc1. The molecule has 27 heavy (non-hydrogen) atoms. The van der Waals surface area contributed by atoms with Gasteiger partial charge in [-0.1, -0.05) is 24.3 Å². The number of nitrogens with one attached hydrogen (secondary N) is 2. The van der Waals surface area contributed by atoms with E-state index < -0.39 is 0 Å². The van der Waals surface area contributed by atoms with Gasteiger partial charge in [0.25, 0.3) is 5.91 Å². The van der Waals surface area contributed by atoms with Crippen molar-refractivity contribution in [1.29, 1.82) is 0 Å². The number of carbonyl (C=O) groups is 1. The lowest BCUT2D eigenvalue weighted by molar-refractivity contribution is 0.0948. The van der Waals surface area contributed by atoms with E-state index in [9.17, 15) is 4.79 Å². The Morgan fingerprint density at radius 3 is 2.52 bits per heavy atom. The molecule has 6 heteroatoms. The molecule has 3 rings (SSSR count). The molecular weight excluding hydrogens is 340 g/mol. The van der Waals surface area contributed by atoms with Crippen LogP contribution >= 0.6 is 0 Å². The summed E-state index contributed by atoms with van der Waals surface area (Å²) in [5.74, 6) is 1.17. The average Bonchev–Trinajstić information content (AvgIpc) is 2.69. The largest absolute Gasteiger partial charge is 0.497 e. The summed E-state index contributed by atoms with van der Waals surface area (Å²) < 4.78 is 5.13. The molecule has 0 aliphatic rings. The van der Waals surface area contributed by atoms with E-state index in [0.29, 0.717) is 18.1 Å². The van der Waals surface area contributed by atoms with Crippen molar-refractivity contribution in [1.82, 2.24) is 15.5 Å². The van der Waals surface area contributed by atoms with Gasteiger partial charge in [0, 0.05) is 12.2 Å². The molecule has 0 aliphatic carbocycles. The smallest absolute Gasteiger partial charge is 0.271 e. The van der Waals surface area contributed by atoms with Gasteiger partial charge in [0.15, 0.2) is 11.5 Å². The van der Waals surface area contributed by atoms with Gasteiger partial charge in [0.05, 0.1) is 7.11 Å². The Balaban J connectivity index is 1.51. The fourth-order valence-corrected chi connectivity index (χ4v) is 2.59. The zero-order chi connectivity index (χ0) is 19.1. The summed E-state index contributed by atoms with van der Waals surface area (Å²) in [6.07, 6.45) is 0.732. The molecule has 2 N–H and O–H groups in total. The van der Waals surface area contributed by atoms with Crippen LogP contribution < -0.4 is 15.4 Å². The van der Waals surface area contributed by atoms with E-state index in [1.165, 1.54) is 0 Å². The first kappa shape index (κ1) is 18.4. The number of amides is 1. The summed E-state index contributed by atoms with van der Waals surface area (Å²) in [5, 5.41) is 14.1. The number of aryl methyl sites for hydroxylation is 1. The summed E-state index contributed by atoms with van der Waals surface area (Å²) in [5.41, 5.74) is 3.50. The second-order valence-corrected chi connectivity index (χ2v) is 6.15. The van der Waals surface area contributed by atoms with Gasteiger partial charge < -0.3 is 15.4 Å². The summed E-state index contributed by atoms with van der Waals surface area (Å²) in [7, 11) is 1.64. The first-order valence-electron chi connectivity index (χ1n) is 8.72. The topological polar surface area (TPSA) is 76.1 Å². The van der Waals surface area contributed by atoms with Crippen molar-refractivity contribution in [2.45, 2.75) is 13.3 Å². The molecule has 2 aromatic carbocycles. The Labute approximate surface area is 158 Å². The van der Waals surface area contributed by atoms with Gasteiger partial charge in [0.1, 0.15) is 5.75 Å². The molecule has 0 saturated heterocycles. The first-order valence-corrected chi connectivity index (χ1v) is 8.72. The van der Waals surface area contributed by atoms with E-state index in [-0.39, 0.29) is 5.91 Å². The molecule has 0 aliphatic heterocycles. The summed E-state index contributed by atoms with van der Waals surface area (Å²) >= 11 is 0. The predicted octanol–water partition coefficient (Wildman–Crippen LogP) is 3.51. The highest BCUT2D eigenvalue weighted by molar-refractivity contribution is 5.92. The quantitative estimate of drug-likeness (QED) is 0.673. The molecule has 138 valence electrons. The third-order valence-corrected chi connectivity index (χ3v) is 4.05. The van der Waals surface area contributed by atoms with Crippen LogP contribution in [0.15, 0.2) is 60.7 Å². The van der Waals surface area contributed by atoms with Gasteiger partial charge in [-0.3, -0.25) is 4.79 Å². The number of carbonyl (C=O) groups excluding carboxylic acids is 1. The van der Waals surface area contributed by atoms with Crippen LogP contribution in [0.3, 0.4) is 0 Å². The van der Waals surface area contributed by atoms with Crippen molar-refractivity contribution in [3.05, 3.63) is 77.5 Å². The maximum Gasteiger partial charge on any atom is 0.271 e. The van der Waals surface area contributed by atoms with E-state index >= 15 is 0 Å². The monoisotopic (exact) mass is 362 g/mol. The van der Waals surface area contributed by atoms with Crippen molar-refractivity contribution < 1.29 is 9.53 Å². The Morgan fingerprint density at radius 2 is 1.85 bits per heavy atom. The number of hydrogen-bond acceptors (Lipinski definition) is 5. The second-order valence-electron chi connectivity index (χ2n) is 6.15. The van der Waals surface area contributed by atoms with Crippen molar-refractivity contribution in [3.63, 3.8) is 0 Å². The van der Waals surface area contributed by atoms with Crippen LogP contribution in [-0.2, 0) is 6.42 Å². The van der Waals surface area contributed by atoms with Crippen LogP contribution in [0.1, 0.15) is 21.6 Å². The highest BCUT2D eigenvalue weighted by atomic mass is 16.5. The lowest BCUT2D eigenvalue weighted by atomic mass is 10.1. The van der Waals surface area contributed by atoms with Gasteiger partial charge >= 0.3 is 0 Å². The Kier molecular flexibility index (Phi) is 5.99. The van der Waals surface area contributed by atoms with Gasteiger partial charge in [-0.2, -0.15) is 0 Å². The van der Waals surface area contributed by atoms with Crippen LogP contribution in [0.2, 0.25) is 0 Å². The molecule has 0 unspecified atom stereocenters. The van der Waals surface area contributed by atoms with E-state index in [4.69, 9.17) is 4.74 Å². The summed E-state index contributed by atoms with van der Waals surface area (Å²) in [6, 6.07) is 19.1. The third-order valence-electron chi connectivity index (χ3n) is 4.05. The highest BCUT2D eigenvalue weighted by Gasteiger charge is 2.08. The maximum atomic E-state index is 12.2. The normalized spacial score (nSPS) is 10.3. The fourth-order valence-electron chi connectivity index (χ4n) is 2.59. The highest BCUT2D eigenvalue weighted by Crippen LogP contribution is 2.15. The van der Waals surface area contributed by atoms with Crippen LogP contribution in [0.4, 0.5) is 11.5 Å². The maximum absolute atomic E-state index is 12.2. The van der Waals surface area contributed by atoms with Crippen LogP contribution in [0.5, 0.6) is 5.75 Å². The molecule has 0 saturated carbocycles. The molecule has 6 nitrogen and oxygen atoms in total. The lowest BCUT2D eigenvalue weighted by Gasteiger charge is -2.07. The van der Waals surface area contributed by atoms with E-state index in [0.717, 1.165) is 29.0 Å². The van der Waals surface area contributed by atoms with Gasteiger partial charge in [-0.25, -0.2) is 0 Å². The van der Waals surface area contributed by atoms with Crippen molar-refractivity contribution in [2.75, 3.05) is 19.0 Å². The van der Waals surface area contributed by atoms with Crippen molar-refractivity contribution in [2.24, 2.45) is 0 Å². The number of hydrogen-bond donors (Lipinski definition) is 2. The molecule has 0 fully saturated rings. The van der Waals surface area contributed by atoms with E-state index in [1.54, 1.807) is 19.2 Å². The second kappa shape index (κ2) is 8.80. The Bertz CT molecular complexity index is 893. The van der Waals surface area contributed by atoms with E-state index in [1.807, 2.05) is 55.5 Å². The fraction of sp³-hybridized carbons (Fsp3) is 0.190. The van der Waals surface area contributed by atoms with Crippen LogP contribution in [-0.4, -0.2) is 29.8 Å². The van der Waals surface area contributed by atoms with Gasteiger partial charge in [0.2, 0.25) is 0 Å². The minimum Gasteiger partial charge on any atom is -0.497 e. The Hall–Kier alpha value is -3.41. The minimum atomic E-state index is -0.238. The molecule has 0 atom stereocenters. The molecule has 0 bridgehead atoms. The number of benzene rings is 2. The molecule has 1 amide bonds. The number of rotatable bonds is 7. The van der Waals surface area contributed by atoms with Gasteiger partial charge in [-0.15, -0.1) is 10.2 Å². The zero-order valence-electron chi connectivity index (χ0n) is 15.4. The predicted molar refractivity (Wildman–Crippen MR) is 106 cm³/mol. The molecule has 0 radical (unpaired) electrons. The lowest BCUT2D eigenvalue weighted by Crippen LogP contribution is -2.26. The number of ether oxygens (including phenoxy) is 1. The number of methoxy groups -OCH3 is 1. The molecule has 1 aromatic heterocycles. The standard InChI is InChI=1S/C21H22N4O2/c1-15-4-3-5-17(14-15)23-20-11-10-19(24-25-20)21(26)22-13-12-16-6-8-18(27-2)9-7-16/h3-11,14H,12-13H2,1-2H3,(H,22,26)(H,23,25). The third kappa shape index (κ3) is 5.28. The number of anilines is 2. The summed E-state index contributed by atoms with van der Waals surface area (Å²) in [4.78, 5) is 12.2. The molecular formula is C21H22N4O2. The summed E-state index contributed by atoms with van der Waals surface area (Å²) in [6.45, 7) is 2.55. The minimum absolute atomic E-state index is 0.238. The van der Waals surface area contributed by atoms with Crippen LogP contribution in [0.25, 0.3) is 0 Å². The van der Waals surface area contributed by atoms with E-state index in [2.05, 4.69) is 20.8 Å². The molecule has 3 aromatic rings. The van der Waals surface area contributed by atoms with Crippen LogP contribution in [0, 0.1) is 6.92 Å². The number of aromatic nitrogens is 2. The van der Waals surface area contributed by atoms with Crippen molar-refractivity contribution >= 4 is 17.4 Å². The van der Waals surface area contributed by atoms with Crippen molar-refractivity contribution in [3.8, 4) is 5.75 Å². The Morgan fingerprint density at radius 1 is 1.04 bits per heavy atom. The first-order chi connectivity index (χ1) is 13.1. The average molecular weight is 362 g/mol. The molecule has 1 heterocycles.